The molecule has 0 saturated carbocycles. The number of hydrogen-bond donors (Lipinski definition) is 1. The molecular formula is C13H15ClF3NO3. The maximum absolute atomic E-state index is 12.4. The van der Waals surface area contributed by atoms with E-state index in [9.17, 15) is 18.0 Å². The highest BCUT2D eigenvalue weighted by Crippen LogP contribution is 2.41. The van der Waals surface area contributed by atoms with Crippen LogP contribution < -0.4 is 10.1 Å². The molecule has 1 N–H and O–H groups in total. The molecule has 1 fully saturated rings. The number of ether oxygens (including phenoxy) is 2. The molecule has 0 bridgehead atoms. The molecule has 0 unspecified atom stereocenters. The van der Waals surface area contributed by atoms with Gasteiger partial charge in [-0.15, -0.1) is 25.6 Å². The first kappa shape index (κ1) is 17.4. The first-order valence-electron chi connectivity index (χ1n) is 5.97. The number of benzene rings is 1. The van der Waals surface area contributed by atoms with E-state index >= 15 is 0 Å². The molecule has 0 spiro atoms. The Labute approximate surface area is 126 Å². The highest BCUT2D eigenvalue weighted by molar-refractivity contribution is 5.85. The third kappa shape index (κ3) is 4.17. The van der Waals surface area contributed by atoms with Crippen LogP contribution in [0.3, 0.4) is 0 Å². The number of carbonyl (C=O) groups excluding carboxylic acids is 1. The molecule has 1 saturated heterocycles. The predicted octanol–water partition coefficient (Wildman–Crippen LogP) is 3.81. The van der Waals surface area contributed by atoms with Gasteiger partial charge in [0.25, 0.3) is 0 Å². The molecule has 0 radical (unpaired) electrons. The Kier molecular flexibility index (Phi) is 4.99. The maximum atomic E-state index is 12.4. The van der Waals surface area contributed by atoms with Crippen LogP contribution in [0.2, 0.25) is 0 Å². The first-order chi connectivity index (χ1) is 9.19. The van der Waals surface area contributed by atoms with Gasteiger partial charge in [0.15, 0.2) is 0 Å². The number of halogens is 4. The van der Waals surface area contributed by atoms with E-state index < -0.39 is 23.9 Å². The van der Waals surface area contributed by atoms with Crippen molar-refractivity contribution >= 4 is 18.5 Å². The van der Waals surface area contributed by atoms with E-state index in [1.54, 1.807) is 19.9 Å². The molecule has 1 amide bonds. The van der Waals surface area contributed by atoms with Gasteiger partial charge in [-0.2, -0.15) is 0 Å². The zero-order valence-electron chi connectivity index (χ0n) is 11.4. The monoisotopic (exact) mass is 325 g/mol. The van der Waals surface area contributed by atoms with E-state index in [1.165, 1.54) is 18.2 Å². The molecule has 0 aromatic heterocycles. The molecule has 1 atom stereocenters. The van der Waals surface area contributed by atoms with Crippen LogP contribution >= 0.6 is 12.4 Å². The summed E-state index contributed by atoms with van der Waals surface area (Å²) in [4.78, 5) is 11.3. The molecule has 2 rings (SSSR count). The number of nitrogens with one attached hydrogen (secondary N) is 1. The maximum Gasteiger partial charge on any atom is 0.573 e. The second-order valence-electron chi connectivity index (χ2n) is 5.23. The predicted molar refractivity (Wildman–Crippen MR) is 71.4 cm³/mol. The number of alkyl halides is 3. The van der Waals surface area contributed by atoms with Crippen LogP contribution in [0.1, 0.15) is 25.5 Å². The van der Waals surface area contributed by atoms with Gasteiger partial charge < -0.3 is 14.8 Å². The van der Waals surface area contributed by atoms with E-state index in [0.29, 0.717) is 0 Å². The van der Waals surface area contributed by atoms with Crippen LogP contribution in [-0.4, -0.2) is 19.1 Å². The van der Waals surface area contributed by atoms with E-state index in [4.69, 9.17) is 4.74 Å². The van der Waals surface area contributed by atoms with Gasteiger partial charge in [-0.3, -0.25) is 0 Å². The first-order valence-corrected chi connectivity index (χ1v) is 5.97. The SMILES string of the molecule is CC1(C)COC(=O)N[C@H]1c1ccccc1OC(F)(F)F.Cl. The Morgan fingerprint density at radius 3 is 2.57 bits per heavy atom. The van der Waals surface area contributed by atoms with Crippen LogP contribution in [0.5, 0.6) is 5.75 Å². The second-order valence-corrected chi connectivity index (χ2v) is 5.23. The van der Waals surface area contributed by atoms with Crippen LogP contribution in [0.4, 0.5) is 18.0 Å². The van der Waals surface area contributed by atoms with Crippen LogP contribution in [0.15, 0.2) is 24.3 Å². The number of cyclic esters (lactones) is 1. The second kappa shape index (κ2) is 6.01. The van der Waals surface area contributed by atoms with Gasteiger partial charge in [0.1, 0.15) is 12.4 Å². The molecule has 1 heterocycles. The van der Waals surface area contributed by atoms with Gasteiger partial charge in [0, 0.05) is 11.0 Å². The summed E-state index contributed by atoms with van der Waals surface area (Å²) in [6.07, 6.45) is -5.44. The summed E-state index contributed by atoms with van der Waals surface area (Å²) in [5.41, 5.74) is -0.287. The van der Waals surface area contributed by atoms with E-state index in [1.807, 2.05) is 0 Å². The summed E-state index contributed by atoms with van der Waals surface area (Å²) in [5, 5.41) is 2.54. The molecule has 1 aliphatic rings. The lowest BCUT2D eigenvalue weighted by molar-refractivity contribution is -0.275. The fourth-order valence-electron chi connectivity index (χ4n) is 2.13. The number of hydrogen-bond acceptors (Lipinski definition) is 3. The quantitative estimate of drug-likeness (QED) is 0.899. The highest BCUT2D eigenvalue weighted by atomic mass is 35.5. The molecule has 0 aliphatic carbocycles. The zero-order valence-corrected chi connectivity index (χ0v) is 12.2. The Bertz CT molecular complexity index is 520. The summed E-state index contributed by atoms with van der Waals surface area (Å²) >= 11 is 0. The van der Waals surface area contributed by atoms with Gasteiger partial charge in [0.05, 0.1) is 6.04 Å². The molecule has 1 aromatic carbocycles. The van der Waals surface area contributed by atoms with Crippen molar-refractivity contribution in [3.8, 4) is 5.75 Å². The standard InChI is InChI=1S/C13H14F3NO3.ClH/c1-12(2)7-19-11(18)17-10(12)8-5-3-4-6-9(8)20-13(14,15)16;/h3-6,10H,7H2,1-2H3,(H,17,18);1H/t10-;/m0./s1. The van der Waals surface area contributed by atoms with Crippen LogP contribution in [0, 0.1) is 5.41 Å². The van der Waals surface area contributed by atoms with Crippen molar-refractivity contribution in [2.24, 2.45) is 5.41 Å². The summed E-state index contributed by atoms with van der Waals surface area (Å²) in [6.45, 7) is 3.70. The van der Waals surface area contributed by atoms with E-state index in [0.717, 1.165) is 0 Å². The number of alkyl carbamates (subject to hydrolysis) is 1. The van der Waals surface area contributed by atoms with Gasteiger partial charge in [0.2, 0.25) is 0 Å². The minimum absolute atomic E-state index is 0. The minimum atomic E-state index is -4.78. The molecular weight excluding hydrogens is 311 g/mol. The van der Waals surface area contributed by atoms with Crippen molar-refractivity contribution in [3.63, 3.8) is 0 Å². The van der Waals surface area contributed by atoms with Crippen molar-refractivity contribution in [1.82, 2.24) is 5.32 Å². The minimum Gasteiger partial charge on any atom is -0.449 e. The summed E-state index contributed by atoms with van der Waals surface area (Å²) in [5.74, 6) is -0.319. The Morgan fingerprint density at radius 1 is 1.33 bits per heavy atom. The largest absolute Gasteiger partial charge is 0.573 e. The summed E-state index contributed by atoms with van der Waals surface area (Å²) in [6, 6.07) is 5.14. The van der Waals surface area contributed by atoms with Crippen molar-refractivity contribution in [2.45, 2.75) is 26.3 Å². The van der Waals surface area contributed by atoms with Crippen molar-refractivity contribution in [2.75, 3.05) is 6.61 Å². The number of carbonyl (C=O) groups is 1. The third-order valence-corrected chi connectivity index (χ3v) is 3.07. The molecule has 1 aliphatic heterocycles. The lowest BCUT2D eigenvalue weighted by atomic mass is 9.80. The average Bonchev–Trinajstić information content (AvgIpc) is 2.31. The highest BCUT2D eigenvalue weighted by Gasteiger charge is 2.41. The van der Waals surface area contributed by atoms with Gasteiger partial charge >= 0.3 is 12.5 Å². The number of para-hydroxylation sites is 1. The Morgan fingerprint density at radius 2 is 1.95 bits per heavy atom. The van der Waals surface area contributed by atoms with Crippen molar-refractivity contribution in [3.05, 3.63) is 29.8 Å². The molecule has 118 valence electrons. The third-order valence-electron chi connectivity index (χ3n) is 3.07. The van der Waals surface area contributed by atoms with Crippen LogP contribution in [-0.2, 0) is 4.74 Å². The number of amides is 1. The van der Waals surface area contributed by atoms with Crippen LogP contribution in [0.25, 0.3) is 0 Å². The fraction of sp³-hybridized carbons (Fsp3) is 0.462. The Hall–Kier alpha value is -1.63. The smallest absolute Gasteiger partial charge is 0.449 e. The van der Waals surface area contributed by atoms with E-state index in [-0.39, 0.29) is 30.3 Å². The zero-order chi connectivity index (χ0) is 15.0. The van der Waals surface area contributed by atoms with Gasteiger partial charge in [-0.05, 0) is 6.07 Å². The molecule has 1 aromatic rings. The summed E-state index contributed by atoms with van der Waals surface area (Å²) < 4.78 is 46.2. The van der Waals surface area contributed by atoms with Crippen molar-refractivity contribution in [1.29, 1.82) is 0 Å². The average molecular weight is 326 g/mol. The summed E-state index contributed by atoms with van der Waals surface area (Å²) in [7, 11) is 0. The lowest BCUT2D eigenvalue weighted by Gasteiger charge is -2.39. The van der Waals surface area contributed by atoms with E-state index in [2.05, 4.69) is 10.1 Å². The normalized spacial score (nSPS) is 20.8. The molecule has 8 heteroatoms. The topological polar surface area (TPSA) is 47.6 Å². The number of rotatable bonds is 2. The molecule has 4 nitrogen and oxygen atoms in total. The lowest BCUT2D eigenvalue weighted by Crippen LogP contribution is -2.47. The molecule has 21 heavy (non-hydrogen) atoms. The fourth-order valence-corrected chi connectivity index (χ4v) is 2.13. The van der Waals surface area contributed by atoms with Gasteiger partial charge in [-0.25, -0.2) is 4.79 Å². The van der Waals surface area contributed by atoms with Crippen molar-refractivity contribution < 1.29 is 27.4 Å². The van der Waals surface area contributed by atoms with Gasteiger partial charge in [-0.1, -0.05) is 32.0 Å². The Balaban J connectivity index is 0.00000220.